The maximum absolute atomic E-state index is 12.6. The number of benzene rings is 1. The number of aryl methyl sites for hydroxylation is 1. The Bertz CT molecular complexity index is 853. The maximum atomic E-state index is 12.6. The highest BCUT2D eigenvalue weighted by Crippen LogP contribution is 2.27. The standard InChI is InChI=1S/C22H29N3O4/c1-14(2)27-8-4-5-18-12-25-21(29-18)11-19(24-25)22(26)23-17-10-16-9-15(3)6-7-20(16)28-13-17/h6-7,9,11,14,17-18H,4-5,8,10,12-13H2,1-3H3,(H,23,26). The molecule has 29 heavy (non-hydrogen) atoms. The largest absolute Gasteiger partial charge is 0.491 e. The summed E-state index contributed by atoms with van der Waals surface area (Å²) in [5.74, 6) is 1.37. The van der Waals surface area contributed by atoms with Gasteiger partial charge in [0.2, 0.25) is 5.88 Å². The quantitative estimate of drug-likeness (QED) is 0.725. The van der Waals surface area contributed by atoms with E-state index in [1.165, 1.54) is 5.56 Å². The third kappa shape index (κ3) is 4.72. The first-order valence-corrected chi connectivity index (χ1v) is 10.4. The summed E-state index contributed by atoms with van der Waals surface area (Å²) in [5, 5.41) is 7.46. The molecular weight excluding hydrogens is 370 g/mol. The Morgan fingerprint density at radius 1 is 1.38 bits per heavy atom. The fraction of sp³-hybridized carbons (Fsp3) is 0.545. The highest BCUT2D eigenvalue weighted by atomic mass is 16.5. The van der Waals surface area contributed by atoms with Gasteiger partial charge in [-0.1, -0.05) is 17.7 Å². The van der Waals surface area contributed by atoms with Crippen molar-refractivity contribution < 1.29 is 19.0 Å². The Hall–Kier alpha value is -2.54. The summed E-state index contributed by atoms with van der Waals surface area (Å²) in [6.45, 7) is 8.00. The van der Waals surface area contributed by atoms with E-state index in [1.54, 1.807) is 10.7 Å². The molecule has 0 spiro atoms. The zero-order valence-corrected chi connectivity index (χ0v) is 17.3. The van der Waals surface area contributed by atoms with Gasteiger partial charge in [0.15, 0.2) is 5.69 Å². The van der Waals surface area contributed by atoms with E-state index in [0.717, 1.165) is 37.2 Å². The zero-order valence-electron chi connectivity index (χ0n) is 17.3. The van der Waals surface area contributed by atoms with Crippen LogP contribution in [0.4, 0.5) is 0 Å². The average molecular weight is 399 g/mol. The third-order valence-corrected chi connectivity index (χ3v) is 5.22. The highest BCUT2D eigenvalue weighted by Gasteiger charge is 2.28. The lowest BCUT2D eigenvalue weighted by Crippen LogP contribution is -2.43. The normalized spacial score (nSPS) is 20.0. The Kier molecular flexibility index (Phi) is 5.76. The van der Waals surface area contributed by atoms with Crippen LogP contribution in [0.25, 0.3) is 0 Å². The summed E-state index contributed by atoms with van der Waals surface area (Å²) >= 11 is 0. The van der Waals surface area contributed by atoms with Crippen molar-refractivity contribution in [1.82, 2.24) is 15.1 Å². The van der Waals surface area contributed by atoms with Gasteiger partial charge in [-0.05, 0) is 51.7 Å². The number of carbonyl (C=O) groups is 1. The molecule has 3 heterocycles. The van der Waals surface area contributed by atoms with Gasteiger partial charge in [0, 0.05) is 12.7 Å². The fourth-order valence-corrected chi connectivity index (χ4v) is 3.79. The molecule has 0 aliphatic carbocycles. The van der Waals surface area contributed by atoms with Crippen LogP contribution < -0.4 is 14.8 Å². The number of nitrogens with one attached hydrogen (secondary N) is 1. The first-order chi connectivity index (χ1) is 14.0. The monoisotopic (exact) mass is 399 g/mol. The molecule has 1 aromatic carbocycles. The number of ether oxygens (including phenoxy) is 3. The average Bonchev–Trinajstić information content (AvgIpc) is 3.23. The molecule has 7 nitrogen and oxygen atoms in total. The summed E-state index contributed by atoms with van der Waals surface area (Å²) in [6, 6.07) is 7.80. The van der Waals surface area contributed by atoms with Crippen LogP contribution in [0, 0.1) is 6.92 Å². The van der Waals surface area contributed by atoms with Gasteiger partial charge in [-0.2, -0.15) is 5.10 Å². The van der Waals surface area contributed by atoms with Crippen LogP contribution >= 0.6 is 0 Å². The summed E-state index contributed by atoms with van der Waals surface area (Å²) in [4.78, 5) is 12.6. The van der Waals surface area contributed by atoms with Crippen molar-refractivity contribution >= 4 is 5.91 Å². The Morgan fingerprint density at radius 3 is 3.03 bits per heavy atom. The molecule has 0 saturated carbocycles. The molecule has 2 aliphatic heterocycles. The van der Waals surface area contributed by atoms with Crippen molar-refractivity contribution in [2.24, 2.45) is 0 Å². The van der Waals surface area contributed by atoms with E-state index >= 15 is 0 Å². The van der Waals surface area contributed by atoms with Crippen LogP contribution in [0.2, 0.25) is 0 Å². The molecule has 0 radical (unpaired) electrons. The van der Waals surface area contributed by atoms with Crippen molar-refractivity contribution in [2.45, 2.75) is 64.8 Å². The summed E-state index contributed by atoms with van der Waals surface area (Å²) < 4.78 is 19.1. The molecule has 1 amide bonds. The predicted octanol–water partition coefficient (Wildman–Crippen LogP) is 2.89. The molecule has 0 saturated heterocycles. The second kappa shape index (κ2) is 8.45. The van der Waals surface area contributed by atoms with E-state index in [1.807, 2.05) is 26.0 Å². The van der Waals surface area contributed by atoms with Gasteiger partial charge in [0.05, 0.1) is 18.7 Å². The minimum absolute atomic E-state index is 0.0667. The molecule has 2 aromatic rings. The lowest BCUT2D eigenvalue weighted by atomic mass is 10.0. The van der Waals surface area contributed by atoms with E-state index in [-0.39, 0.29) is 24.2 Å². The topological polar surface area (TPSA) is 74.6 Å². The van der Waals surface area contributed by atoms with Crippen LogP contribution in [0.1, 0.15) is 48.3 Å². The van der Waals surface area contributed by atoms with Crippen LogP contribution in [0.5, 0.6) is 11.6 Å². The SMILES string of the molecule is Cc1ccc2c(c1)CC(NC(=O)c1cc3n(n1)CC(CCCOC(C)C)O3)CO2. The number of carbonyl (C=O) groups excluding carboxylic acids is 1. The second-order valence-electron chi connectivity index (χ2n) is 8.15. The maximum Gasteiger partial charge on any atom is 0.272 e. The van der Waals surface area contributed by atoms with Gasteiger partial charge in [0.1, 0.15) is 18.5 Å². The number of hydrogen-bond donors (Lipinski definition) is 1. The van der Waals surface area contributed by atoms with Crippen LogP contribution in [0.15, 0.2) is 24.3 Å². The van der Waals surface area contributed by atoms with Crippen molar-refractivity contribution in [1.29, 1.82) is 0 Å². The summed E-state index contributed by atoms with van der Waals surface area (Å²) in [5.41, 5.74) is 2.70. The van der Waals surface area contributed by atoms with E-state index < -0.39 is 0 Å². The Balaban J connectivity index is 1.28. The van der Waals surface area contributed by atoms with Gasteiger partial charge >= 0.3 is 0 Å². The lowest BCUT2D eigenvalue weighted by molar-refractivity contribution is 0.0694. The van der Waals surface area contributed by atoms with Crippen LogP contribution in [-0.2, 0) is 17.7 Å². The fourth-order valence-electron chi connectivity index (χ4n) is 3.79. The first kappa shape index (κ1) is 19.8. The summed E-state index contributed by atoms with van der Waals surface area (Å²) in [6.07, 6.45) is 2.97. The van der Waals surface area contributed by atoms with E-state index in [0.29, 0.717) is 24.7 Å². The van der Waals surface area contributed by atoms with Gasteiger partial charge in [0.25, 0.3) is 5.91 Å². The number of aromatic nitrogens is 2. The summed E-state index contributed by atoms with van der Waals surface area (Å²) in [7, 11) is 0. The number of hydrogen-bond acceptors (Lipinski definition) is 5. The molecule has 0 fully saturated rings. The van der Waals surface area contributed by atoms with Crippen molar-refractivity contribution in [2.75, 3.05) is 13.2 Å². The number of amides is 1. The molecule has 1 aromatic heterocycles. The second-order valence-corrected chi connectivity index (χ2v) is 8.15. The van der Waals surface area contributed by atoms with Crippen molar-refractivity contribution in [3.05, 3.63) is 41.1 Å². The molecule has 0 bridgehead atoms. The third-order valence-electron chi connectivity index (χ3n) is 5.22. The molecular formula is C22H29N3O4. The number of fused-ring (bicyclic) bond motifs is 2. The molecule has 2 aliphatic rings. The Labute approximate surface area is 171 Å². The van der Waals surface area contributed by atoms with E-state index in [9.17, 15) is 4.79 Å². The van der Waals surface area contributed by atoms with E-state index in [2.05, 4.69) is 23.4 Å². The van der Waals surface area contributed by atoms with Gasteiger partial charge < -0.3 is 19.5 Å². The molecule has 4 rings (SSSR count). The zero-order chi connectivity index (χ0) is 20.4. The van der Waals surface area contributed by atoms with Gasteiger partial charge in [-0.25, -0.2) is 4.68 Å². The van der Waals surface area contributed by atoms with Gasteiger partial charge in [-0.3, -0.25) is 4.79 Å². The predicted molar refractivity (Wildman–Crippen MR) is 109 cm³/mol. The lowest BCUT2D eigenvalue weighted by Gasteiger charge is -2.26. The van der Waals surface area contributed by atoms with Crippen molar-refractivity contribution in [3.63, 3.8) is 0 Å². The van der Waals surface area contributed by atoms with Crippen molar-refractivity contribution in [3.8, 4) is 11.6 Å². The highest BCUT2D eigenvalue weighted by molar-refractivity contribution is 5.92. The minimum Gasteiger partial charge on any atom is -0.491 e. The molecule has 2 unspecified atom stereocenters. The molecule has 7 heteroatoms. The molecule has 1 N–H and O–H groups in total. The molecule has 2 atom stereocenters. The molecule has 156 valence electrons. The number of nitrogens with zero attached hydrogens (tertiary/aromatic N) is 2. The Morgan fingerprint density at radius 2 is 2.24 bits per heavy atom. The van der Waals surface area contributed by atoms with Crippen LogP contribution in [-0.4, -0.2) is 47.2 Å². The van der Waals surface area contributed by atoms with Gasteiger partial charge in [-0.15, -0.1) is 0 Å². The van der Waals surface area contributed by atoms with Crippen LogP contribution in [0.3, 0.4) is 0 Å². The minimum atomic E-state index is -0.193. The van der Waals surface area contributed by atoms with E-state index in [4.69, 9.17) is 14.2 Å². The number of rotatable bonds is 7. The first-order valence-electron chi connectivity index (χ1n) is 10.4. The smallest absolute Gasteiger partial charge is 0.272 e.